The number of rotatable bonds is 4. The topological polar surface area (TPSA) is 57.9 Å². The van der Waals surface area contributed by atoms with Gasteiger partial charge in [-0.2, -0.15) is 5.26 Å². The zero-order valence-electron chi connectivity index (χ0n) is 10.4. The van der Waals surface area contributed by atoms with Gasteiger partial charge in [0.15, 0.2) is 9.84 Å². The van der Waals surface area contributed by atoms with Crippen molar-refractivity contribution < 1.29 is 8.42 Å². The summed E-state index contributed by atoms with van der Waals surface area (Å²) >= 11 is 0. The first-order valence-corrected chi connectivity index (χ1v) is 7.16. The minimum Gasteiger partial charge on any atom is -0.223 e. The van der Waals surface area contributed by atoms with Crippen LogP contribution in [0.5, 0.6) is 0 Å². The minimum atomic E-state index is -3.39. The van der Waals surface area contributed by atoms with Gasteiger partial charge in [0.05, 0.1) is 22.6 Å². The van der Waals surface area contributed by atoms with E-state index in [0.29, 0.717) is 11.3 Å². The van der Waals surface area contributed by atoms with Gasteiger partial charge >= 0.3 is 0 Å². The third kappa shape index (κ3) is 2.86. The Morgan fingerprint density at radius 1 is 1.35 bits per heavy atom. The third-order valence-corrected chi connectivity index (χ3v) is 5.29. The molecule has 92 valence electrons. The van der Waals surface area contributed by atoms with Gasteiger partial charge in [0.1, 0.15) is 0 Å². The van der Waals surface area contributed by atoms with Crippen molar-refractivity contribution in [3.05, 3.63) is 29.3 Å². The molecule has 0 spiro atoms. The van der Waals surface area contributed by atoms with E-state index < -0.39 is 15.1 Å². The van der Waals surface area contributed by atoms with Crippen LogP contribution in [0.3, 0.4) is 0 Å². The molecule has 0 radical (unpaired) electrons. The van der Waals surface area contributed by atoms with Gasteiger partial charge in [-0.05, 0) is 37.5 Å². The highest BCUT2D eigenvalue weighted by atomic mass is 32.2. The molecular formula is C13H17NO2S. The average Bonchev–Trinajstić information content (AvgIpc) is 2.28. The highest BCUT2D eigenvalue weighted by Gasteiger charge is 2.27. The summed E-state index contributed by atoms with van der Waals surface area (Å²) < 4.78 is 24.8. The first-order valence-electron chi connectivity index (χ1n) is 5.61. The van der Waals surface area contributed by atoms with E-state index in [4.69, 9.17) is 5.26 Å². The predicted molar refractivity (Wildman–Crippen MR) is 67.4 cm³/mol. The van der Waals surface area contributed by atoms with Crippen molar-refractivity contribution in [3.8, 4) is 6.07 Å². The van der Waals surface area contributed by atoms with E-state index in [1.807, 2.05) is 19.1 Å². The first-order chi connectivity index (χ1) is 7.93. The summed E-state index contributed by atoms with van der Waals surface area (Å²) in [7, 11) is -3.39. The highest BCUT2D eigenvalue weighted by Crippen LogP contribution is 2.24. The molecule has 1 atom stereocenters. The summed E-state index contributed by atoms with van der Waals surface area (Å²) in [6, 6.07) is 7.33. The van der Waals surface area contributed by atoms with Crippen molar-refractivity contribution >= 4 is 9.84 Å². The zero-order chi connectivity index (χ0) is 13.1. The maximum Gasteiger partial charge on any atom is 0.182 e. The van der Waals surface area contributed by atoms with Crippen molar-refractivity contribution in [1.82, 2.24) is 0 Å². The molecule has 17 heavy (non-hydrogen) atoms. The van der Waals surface area contributed by atoms with Crippen LogP contribution in [-0.2, 0) is 9.84 Å². The molecular weight excluding hydrogens is 234 g/mol. The quantitative estimate of drug-likeness (QED) is 0.826. The van der Waals surface area contributed by atoms with E-state index in [1.54, 1.807) is 26.0 Å². The van der Waals surface area contributed by atoms with Gasteiger partial charge < -0.3 is 0 Å². The third-order valence-electron chi connectivity index (χ3n) is 2.86. The monoisotopic (exact) mass is 251 g/mol. The molecule has 0 bridgehead atoms. The molecule has 4 heteroatoms. The molecule has 0 aliphatic carbocycles. The van der Waals surface area contributed by atoms with Crippen LogP contribution in [0.25, 0.3) is 0 Å². The normalized spacial score (nSPS) is 13.1. The van der Waals surface area contributed by atoms with E-state index >= 15 is 0 Å². The molecule has 1 aromatic rings. The lowest BCUT2D eigenvalue weighted by Gasteiger charge is -2.15. The standard InChI is InChI=1S/C13H17NO2S/c1-4-12(7-8-14)17(15,16)13-9-10(2)5-6-11(13)3/h5-6,9,12H,4,7H2,1-3H3. The SMILES string of the molecule is CCC(CC#N)S(=O)(=O)c1cc(C)ccc1C. The van der Waals surface area contributed by atoms with Crippen molar-refractivity contribution in [1.29, 1.82) is 5.26 Å². The van der Waals surface area contributed by atoms with Gasteiger partial charge in [-0.3, -0.25) is 0 Å². The lowest BCUT2D eigenvalue weighted by atomic mass is 10.2. The van der Waals surface area contributed by atoms with Crippen molar-refractivity contribution in [3.63, 3.8) is 0 Å². The molecule has 0 aliphatic rings. The maximum absolute atomic E-state index is 12.4. The summed E-state index contributed by atoms with van der Waals surface area (Å²) in [5, 5.41) is 8.08. The zero-order valence-corrected chi connectivity index (χ0v) is 11.2. The number of sulfone groups is 1. The van der Waals surface area contributed by atoms with Gasteiger partial charge in [0.2, 0.25) is 0 Å². The van der Waals surface area contributed by atoms with Crippen LogP contribution in [0, 0.1) is 25.2 Å². The van der Waals surface area contributed by atoms with Crippen LogP contribution >= 0.6 is 0 Å². The van der Waals surface area contributed by atoms with Crippen LogP contribution in [0.4, 0.5) is 0 Å². The molecule has 1 rings (SSSR count). The fourth-order valence-electron chi connectivity index (χ4n) is 1.77. The summed E-state index contributed by atoms with van der Waals surface area (Å²) in [6.45, 7) is 5.44. The molecule has 3 nitrogen and oxygen atoms in total. The maximum atomic E-state index is 12.4. The van der Waals surface area contributed by atoms with E-state index in [2.05, 4.69) is 0 Å². The fraction of sp³-hybridized carbons (Fsp3) is 0.462. The van der Waals surface area contributed by atoms with E-state index in [0.717, 1.165) is 11.1 Å². The number of hydrogen-bond acceptors (Lipinski definition) is 3. The largest absolute Gasteiger partial charge is 0.223 e. The van der Waals surface area contributed by atoms with Gasteiger partial charge in [-0.25, -0.2) is 8.42 Å². The number of nitriles is 1. The average molecular weight is 251 g/mol. The Bertz CT molecular complexity index is 541. The number of benzene rings is 1. The molecule has 0 saturated heterocycles. The fourth-order valence-corrected chi connectivity index (χ4v) is 3.73. The molecule has 0 fully saturated rings. The van der Waals surface area contributed by atoms with E-state index in [1.165, 1.54) is 0 Å². The summed E-state index contributed by atoms with van der Waals surface area (Å²) in [6.07, 6.45) is 0.509. The van der Waals surface area contributed by atoms with Crippen LogP contribution in [0.15, 0.2) is 23.1 Å². The summed E-state index contributed by atoms with van der Waals surface area (Å²) in [4.78, 5) is 0.361. The molecule has 0 amide bonds. The summed E-state index contributed by atoms with van der Waals surface area (Å²) in [5.41, 5.74) is 1.66. The summed E-state index contributed by atoms with van der Waals surface area (Å²) in [5.74, 6) is 0. The smallest absolute Gasteiger partial charge is 0.182 e. The molecule has 0 aromatic heterocycles. The van der Waals surface area contributed by atoms with Crippen molar-refractivity contribution in [2.45, 2.75) is 43.8 Å². The van der Waals surface area contributed by atoms with E-state index in [9.17, 15) is 8.42 Å². The second-order valence-electron chi connectivity index (χ2n) is 4.21. The molecule has 0 N–H and O–H groups in total. The molecule has 0 saturated carbocycles. The molecule has 0 heterocycles. The Morgan fingerprint density at radius 2 is 2.00 bits per heavy atom. The predicted octanol–water partition coefficient (Wildman–Crippen LogP) is 2.77. The highest BCUT2D eigenvalue weighted by molar-refractivity contribution is 7.92. The Labute approximate surface area is 103 Å². The molecule has 1 aromatic carbocycles. The second-order valence-corrected chi connectivity index (χ2v) is 6.40. The van der Waals surface area contributed by atoms with Crippen LogP contribution in [0.1, 0.15) is 30.9 Å². The Morgan fingerprint density at radius 3 is 2.53 bits per heavy atom. The van der Waals surface area contributed by atoms with Gasteiger partial charge in [0, 0.05) is 0 Å². The minimum absolute atomic E-state index is 0.0478. The van der Waals surface area contributed by atoms with Gasteiger partial charge in [-0.1, -0.05) is 19.1 Å². The van der Waals surface area contributed by atoms with Gasteiger partial charge in [0.25, 0.3) is 0 Å². The van der Waals surface area contributed by atoms with Crippen LogP contribution in [-0.4, -0.2) is 13.7 Å². The molecule has 0 aliphatic heterocycles. The Balaban J connectivity index is 3.30. The number of nitrogens with zero attached hydrogens (tertiary/aromatic N) is 1. The first kappa shape index (κ1) is 13.7. The lowest BCUT2D eigenvalue weighted by Crippen LogP contribution is -2.21. The van der Waals surface area contributed by atoms with Gasteiger partial charge in [-0.15, -0.1) is 0 Å². The van der Waals surface area contributed by atoms with Crippen molar-refractivity contribution in [2.24, 2.45) is 0 Å². The number of aryl methyl sites for hydroxylation is 2. The lowest BCUT2D eigenvalue weighted by molar-refractivity contribution is 0.575. The second kappa shape index (κ2) is 5.33. The Hall–Kier alpha value is -1.34. The van der Waals surface area contributed by atoms with Crippen LogP contribution < -0.4 is 0 Å². The van der Waals surface area contributed by atoms with Crippen LogP contribution in [0.2, 0.25) is 0 Å². The van der Waals surface area contributed by atoms with E-state index in [-0.39, 0.29) is 6.42 Å². The van der Waals surface area contributed by atoms with Crippen molar-refractivity contribution in [2.75, 3.05) is 0 Å². The Kier molecular flexibility index (Phi) is 4.30. The molecule has 1 unspecified atom stereocenters. The number of hydrogen-bond donors (Lipinski definition) is 0.